The molecular weight excluding hydrogens is 428 g/mol. The van der Waals surface area contributed by atoms with E-state index < -0.39 is 6.09 Å². The lowest BCUT2D eigenvalue weighted by Gasteiger charge is -2.33. The van der Waals surface area contributed by atoms with Gasteiger partial charge in [0.2, 0.25) is 0 Å². The number of hydrogen-bond donors (Lipinski definition) is 3. The number of pyridine rings is 3. The van der Waals surface area contributed by atoms with Gasteiger partial charge in [0, 0.05) is 60.6 Å². The van der Waals surface area contributed by atoms with Gasteiger partial charge in [-0.3, -0.25) is 4.98 Å². The Hall–Kier alpha value is -3.42. The summed E-state index contributed by atoms with van der Waals surface area (Å²) in [5.74, 6) is 2.24. The van der Waals surface area contributed by atoms with E-state index in [2.05, 4.69) is 37.6 Å². The van der Waals surface area contributed by atoms with Gasteiger partial charge in [0.15, 0.2) is 0 Å². The van der Waals surface area contributed by atoms with Crippen molar-refractivity contribution in [1.29, 1.82) is 0 Å². The van der Waals surface area contributed by atoms with E-state index in [0.29, 0.717) is 18.5 Å². The minimum absolute atomic E-state index is 0.358. The van der Waals surface area contributed by atoms with Crippen molar-refractivity contribution in [3.63, 3.8) is 0 Å². The highest BCUT2D eigenvalue weighted by Crippen LogP contribution is 2.32. The van der Waals surface area contributed by atoms with E-state index in [1.807, 2.05) is 30.7 Å². The van der Waals surface area contributed by atoms with Crippen molar-refractivity contribution in [2.75, 3.05) is 29.9 Å². The number of piperidine rings is 1. The van der Waals surface area contributed by atoms with Gasteiger partial charge in [-0.05, 0) is 55.9 Å². The monoisotopic (exact) mass is 460 g/mol. The third kappa shape index (κ3) is 5.21. The molecule has 3 aromatic heterocycles. The van der Waals surface area contributed by atoms with Crippen LogP contribution in [0.15, 0.2) is 42.9 Å². The second-order valence-corrected chi connectivity index (χ2v) is 9.45. The van der Waals surface area contributed by atoms with Gasteiger partial charge in [0.25, 0.3) is 0 Å². The molecular formula is C26H32N6O2. The van der Waals surface area contributed by atoms with E-state index in [0.717, 1.165) is 59.6 Å². The zero-order valence-corrected chi connectivity index (χ0v) is 19.4. The van der Waals surface area contributed by atoms with E-state index in [-0.39, 0.29) is 0 Å². The van der Waals surface area contributed by atoms with Gasteiger partial charge >= 0.3 is 6.09 Å². The Morgan fingerprint density at radius 2 is 1.88 bits per heavy atom. The Labute approximate surface area is 199 Å². The molecule has 8 nitrogen and oxygen atoms in total. The molecule has 2 aliphatic rings. The Kier molecular flexibility index (Phi) is 6.74. The summed E-state index contributed by atoms with van der Waals surface area (Å²) in [7, 11) is 0. The van der Waals surface area contributed by atoms with Crippen LogP contribution in [0, 0.1) is 5.92 Å². The maximum Gasteiger partial charge on any atom is 0.404 e. The van der Waals surface area contributed by atoms with Gasteiger partial charge < -0.3 is 20.6 Å². The number of fused-ring (bicyclic) bond motifs is 1. The summed E-state index contributed by atoms with van der Waals surface area (Å²) in [5, 5.41) is 17.2. The van der Waals surface area contributed by atoms with E-state index in [1.54, 1.807) is 0 Å². The average Bonchev–Trinajstić information content (AvgIpc) is 2.88. The number of nitrogens with one attached hydrogen (secondary N) is 2. The lowest BCUT2D eigenvalue weighted by Crippen LogP contribution is -2.38. The van der Waals surface area contributed by atoms with Crippen molar-refractivity contribution in [3.05, 3.63) is 42.9 Å². The van der Waals surface area contributed by atoms with Crippen LogP contribution in [0.1, 0.15) is 44.9 Å². The highest BCUT2D eigenvalue weighted by atomic mass is 16.4. The standard InChI is InChI=1S/C26H32N6O2/c33-26(34)29-16-18-8-12-32(13-9-18)25-22-7-10-27-17-20(22)14-23(31-25)19-6-11-28-24(15-19)30-21-4-2-1-3-5-21/h6-7,10-11,14-15,17-18,21,29H,1-5,8-9,12-13,16H2,(H,28,30)(H,33,34). The Bertz CT molecular complexity index is 1140. The fourth-order valence-corrected chi connectivity index (χ4v) is 5.17. The smallest absolute Gasteiger partial charge is 0.404 e. The molecule has 1 saturated heterocycles. The van der Waals surface area contributed by atoms with Gasteiger partial charge in [-0.1, -0.05) is 19.3 Å². The molecule has 1 aliphatic heterocycles. The van der Waals surface area contributed by atoms with Gasteiger partial charge in [-0.15, -0.1) is 0 Å². The fraction of sp³-hybridized carbons (Fsp3) is 0.462. The second-order valence-electron chi connectivity index (χ2n) is 9.45. The van der Waals surface area contributed by atoms with E-state index in [9.17, 15) is 4.79 Å². The van der Waals surface area contributed by atoms with E-state index in [4.69, 9.17) is 10.1 Å². The van der Waals surface area contributed by atoms with E-state index >= 15 is 0 Å². The summed E-state index contributed by atoms with van der Waals surface area (Å²) in [4.78, 5) is 27.2. The normalized spacial score (nSPS) is 17.6. The number of anilines is 2. The maximum absolute atomic E-state index is 10.8. The summed E-state index contributed by atoms with van der Waals surface area (Å²) >= 11 is 0. The summed E-state index contributed by atoms with van der Waals surface area (Å²) in [6, 6.07) is 8.76. The van der Waals surface area contributed by atoms with Crippen molar-refractivity contribution >= 4 is 28.5 Å². The van der Waals surface area contributed by atoms with Crippen LogP contribution in [0.3, 0.4) is 0 Å². The number of carboxylic acid groups (broad SMARTS) is 1. The topological polar surface area (TPSA) is 103 Å². The third-order valence-electron chi connectivity index (χ3n) is 7.08. The van der Waals surface area contributed by atoms with Gasteiger partial charge in [0.1, 0.15) is 11.6 Å². The molecule has 0 spiro atoms. The summed E-state index contributed by atoms with van der Waals surface area (Å²) in [6.45, 7) is 2.21. The number of nitrogens with zero attached hydrogens (tertiary/aromatic N) is 4. The van der Waals surface area contributed by atoms with Crippen LogP contribution < -0.4 is 15.5 Å². The minimum atomic E-state index is -0.954. The number of amides is 1. The highest BCUT2D eigenvalue weighted by Gasteiger charge is 2.23. The SMILES string of the molecule is O=C(O)NCC1CCN(c2nc(-c3ccnc(NC4CCCCC4)c3)cc3cnccc23)CC1. The molecule has 8 heteroatoms. The molecule has 0 bridgehead atoms. The second kappa shape index (κ2) is 10.2. The number of rotatable bonds is 6. The predicted octanol–water partition coefficient (Wildman–Crippen LogP) is 4.92. The zero-order valence-electron chi connectivity index (χ0n) is 19.4. The maximum atomic E-state index is 10.8. The first-order chi connectivity index (χ1) is 16.7. The largest absolute Gasteiger partial charge is 0.465 e. The molecule has 1 saturated carbocycles. The number of aromatic nitrogens is 3. The van der Waals surface area contributed by atoms with Crippen LogP contribution >= 0.6 is 0 Å². The van der Waals surface area contributed by atoms with Crippen LogP contribution in [0.2, 0.25) is 0 Å². The lowest BCUT2D eigenvalue weighted by molar-refractivity contribution is 0.191. The molecule has 1 aliphatic carbocycles. The molecule has 3 N–H and O–H groups in total. The molecule has 34 heavy (non-hydrogen) atoms. The molecule has 0 atom stereocenters. The molecule has 0 unspecified atom stereocenters. The molecule has 3 aromatic rings. The molecule has 178 valence electrons. The summed E-state index contributed by atoms with van der Waals surface area (Å²) in [5.41, 5.74) is 1.96. The van der Waals surface area contributed by atoms with Crippen LogP contribution in [-0.4, -0.2) is 51.8 Å². The summed E-state index contributed by atoms with van der Waals surface area (Å²) < 4.78 is 0. The molecule has 0 aromatic carbocycles. The molecule has 2 fully saturated rings. The Morgan fingerprint density at radius 1 is 1.06 bits per heavy atom. The lowest BCUT2D eigenvalue weighted by atomic mass is 9.95. The first-order valence-electron chi connectivity index (χ1n) is 12.4. The fourth-order valence-electron chi connectivity index (χ4n) is 5.17. The first kappa shape index (κ1) is 22.4. The van der Waals surface area contributed by atoms with Crippen molar-refractivity contribution < 1.29 is 9.90 Å². The Balaban J connectivity index is 1.39. The van der Waals surface area contributed by atoms with Gasteiger partial charge in [0.05, 0.1) is 5.69 Å². The van der Waals surface area contributed by atoms with Crippen molar-refractivity contribution in [2.24, 2.45) is 5.92 Å². The van der Waals surface area contributed by atoms with Crippen molar-refractivity contribution in [2.45, 2.75) is 51.0 Å². The van der Waals surface area contributed by atoms with Crippen molar-refractivity contribution in [1.82, 2.24) is 20.3 Å². The average molecular weight is 461 g/mol. The van der Waals surface area contributed by atoms with Gasteiger partial charge in [-0.2, -0.15) is 0 Å². The van der Waals surface area contributed by atoms with Crippen LogP contribution in [0.5, 0.6) is 0 Å². The minimum Gasteiger partial charge on any atom is -0.465 e. The highest BCUT2D eigenvalue weighted by molar-refractivity contribution is 5.94. The quantitative estimate of drug-likeness (QED) is 0.480. The molecule has 5 rings (SSSR count). The van der Waals surface area contributed by atoms with Crippen LogP contribution in [0.25, 0.3) is 22.0 Å². The third-order valence-corrected chi connectivity index (χ3v) is 7.08. The summed E-state index contributed by atoms with van der Waals surface area (Å²) in [6.07, 6.45) is 12.8. The van der Waals surface area contributed by atoms with Crippen molar-refractivity contribution in [3.8, 4) is 11.3 Å². The molecule has 4 heterocycles. The van der Waals surface area contributed by atoms with Crippen LogP contribution in [0.4, 0.5) is 16.4 Å². The predicted molar refractivity (Wildman–Crippen MR) is 134 cm³/mol. The number of carbonyl (C=O) groups is 1. The first-order valence-corrected chi connectivity index (χ1v) is 12.4. The number of hydrogen-bond acceptors (Lipinski definition) is 6. The zero-order chi connectivity index (χ0) is 23.3. The van der Waals surface area contributed by atoms with Gasteiger partial charge in [-0.25, -0.2) is 14.8 Å². The van der Waals surface area contributed by atoms with Crippen LogP contribution in [-0.2, 0) is 0 Å². The Morgan fingerprint density at radius 3 is 2.68 bits per heavy atom. The molecule has 0 radical (unpaired) electrons. The van der Waals surface area contributed by atoms with E-state index in [1.165, 1.54) is 32.1 Å². The molecule has 1 amide bonds.